The van der Waals surface area contributed by atoms with Crippen LogP contribution in [0.5, 0.6) is 5.75 Å². The highest BCUT2D eigenvalue weighted by molar-refractivity contribution is 6.32. The topological polar surface area (TPSA) is 57.5 Å². The molecule has 1 fully saturated rings. The molecule has 1 aromatic carbocycles. The zero-order valence-corrected chi connectivity index (χ0v) is 11.3. The van der Waals surface area contributed by atoms with E-state index in [2.05, 4.69) is 0 Å². The second kappa shape index (κ2) is 4.47. The molecule has 0 aromatic heterocycles. The summed E-state index contributed by atoms with van der Waals surface area (Å²) in [6.07, 6.45) is 2.95. The molecule has 0 unspecified atom stereocenters. The molecule has 1 aromatic rings. The molecule has 18 heavy (non-hydrogen) atoms. The van der Waals surface area contributed by atoms with Crippen molar-refractivity contribution in [3.8, 4) is 5.75 Å². The largest absolute Gasteiger partial charge is 0.507 e. The van der Waals surface area contributed by atoms with E-state index in [0.29, 0.717) is 34.6 Å². The Morgan fingerprint density at radius 2 is 1.89 bits per heavy atom. The van der Waals surface area contributed by atoms with Gasteiger partial charge in [0.05, 0.1) is 5.41 Å². The van der Waals surface area contributed by atoms with Gasteiger partial charge >= 0.3 is 5.97 Å². The van der Waals surface area contributed by atoms with Gasteiger partial charge in [-0.1, -0.05) is 24.4 Å². The molecule has 0 aliphatic heterocycles. The van der Waals surface area contributed by atoms with E-state index in [9.17, 15) is 15.0 Å². The van der Waals surface area contributed by atoms with Gasteiger partial charge in [0.2, 0.25) is 0 Å². The van der Waals surface area contributed by atoms with Crippen LogP contribution in [-0.2, 0) is 10.2 Å². The van der Waals surface area contributed by atoms with Crippen LogP contribution in [0.25, 0.3) is 0 Å². The molecule has 0 heterocycles. The average molecular weight is 269 g/mol. The normalized spacial score (nSPS) is 17.9. The van der Waals surface area contributed by atoms with Crippen LogP contribution in [0.2, 0.25) is 5.02 Å². The third kappa shape index (κ3) is 1.77. The van der Waals surface area contributed by atoms with Crippen molar-refractivity contribution in [1.29, 1.82) is 0 Å². The third-order valence-corrected chi connectivity index (χ3v) is 4.33. The van der Waals surface area contributed by atoms with Crippen LogP contribution in [0.1, 0.15) is 42.4 Å². The fourth-order valence-corrected chi connectivity index (χ4v) is 3.55. The van der Waals surface area contributed by atoms with Gasteiger partial charge in [-0.3, -0.25) is 4.79 Å². The number of hydrogen-bond acceptors (Lipinski definition) is 2. The van der Waals surface area contributed by atoms with E-state index in [0.717, 1.165) is 12.8 Å². The highest BCUT2D eigenvalue weighted by Crippen LogP contribution is 2.47. The predicted molar refractivity (Wildman–Crippen MR) is 70.4 cm³/mol. The maximum absolute atomic E-state index is 11.7. The Kier molecular flexibility index (Phi) is 3.28. The predicted octanol–water partition coefficient (Wildman–Crippen LogP) is 3.56. The Balaban J connectivity index is 2.70. The van der Waals surface area contributed by atoms with Crippen LogP contribution >= 0.6 is 11.6 Å². The van der Waals surface area contributed by atoms with Gasteiger partial charge in [0.1, 0.15) is 5.75 Å². The number of aromatic hydroxyl groups is 1. The summed E-state index contributed by atoms with van der Waals surface area (Å²) in [5, 5.41) is 20.1. The Hall–Kier alpha value is -1.22. The van der Waals surface area contributed by atoms with Gasteiger partial charge in [-0.2, -0.15) is 0 Å². The summed E-state index contributed by atoms with van der Waals surface area (Å²) in [6, 6.07) is 1.65. The van der Waals surface area contributed by atoms with Crippen molar-refractivity contribution in [3.63, 3.8) is 0 Å². The second-order valence-electron chi connectivity index (χ2n) is 5.12. The van der Waals surface area contributed by atoms with Crippen LogP contribution in [0.4, 0.5) is 0 Å². The molecule has 1 aliphatic rings. The summed E-state index contributed by atoms with van der Waals surface area (Å²) in [4.78, 5) is 11.7. The lowest BCUT2D eigenvalue weighted by Crippen LogP contribution is -2.33. The van der Waals surface area contributed by atoms with Gasteiger partial charge < -0.3 is 10.2 Å². The summed E-state index contributed by atoms with van der Waals surface area (Å²) in [6.45, 7) is 3.51. The van der Waals surface area contributed by atoms with E-state index < -0.39 is 11.4 Å². The van der Waals surface area contributed by atoms with Gasteiger partial charge in [-0.15, -0.1) is 0 Å². The van der Waals surface area contributed by atoms with Crippen LogP contribution in [0.15, 0.2) is 6.07 Å². The van der Waals surface area contributed by atoms with Crippen molar-refractivity contribution < 1.29 is 15.0 Å². The van der Waals surface area contributed by atoms with Gasteiger partial charge in [0, 0.05) is 5.02 Å². The molecule has 0 radical (unpaired) electrons. The molecule has 0 atom stereocenters. The van der Waals surface area contributed by atoms with E-state index >= 15 is 0 Å². The van der Waals surface area contributed by atoms with E-state index in [4.69, 9.17) is 11.6 Å². The summed E-state index contributed by atoms with van der Waals surface area (Å²) >= 11 is 6.25. The maximum atomic E-state index is 11.7. The van der Waals surface area contributed by atoms with Crippen molar-refractivity contribution in [1.82, 2.24) is 0 Å². The van der Waals surface area contributed by atoms with Gasteiger partial charge in [0.25, 0.3) is 0 Å². The van der Waals surface area contributed by atoms with Crippen molar-refractivity contribution in [3.05, 3.63) is 27.8 Å². The number of aliphatic carboxylic acids is 1. The smallest absolute Gasteiger partial charge is 0.314 e. The van der Waals surface area contributed by atoms with E-state index in [1.807, 2.05) is 0 Å². The zero-order chi connectivity index (χ0) is 13.5. The number of hydrogen-bond donors (Lipinski definition) is 2. The van der Waals surface area contributed by atoms with Gasteiger partial charge in [-0.05, 0) is 49.4 Å². The molecule has 0 bridgehead atoms. The van der Waals surface area contributed by atoms with Crippen LogP contribution in [0.3, 0.4) is 0 Å². The molecule has 3 nitrogen and oxygen atoms in total. The number of aryl methyl sites for hydroxylation is 1. The summed E-state index contributed by atoms with van der Waals surface area (Å²) in [7, 11) is 0. The number of phenols is 1. The van der Waals surface area contributed by atoms with Gasteiger partial charge in [0.15, 0.2) is 0 Å². The van der Waals surface area contributed by atoms with E-state index in [1.165, 1.54) is 0 Å². The molecule has 0 spiro atoms. The quantitative estimate of drug-likeness (QED) is 0.862. The fourth-order valence-electron chi connectivity index (χ4n) is 3.06. The Morgan fingerprint density at radius 1 is 1.33 bits per heavy atom. The fraction of sp³-hybridized carbons (Fsp3) is 0.500. The van der Waals surface area contributed by atoms with Crippen molar-refractivity contribution in [2.24, 2.45) is 0 Å². The molecule has 2 N–H and O–H groups in total. The molecule has 98 valence electrons. The van der Waals surface area contributed by atoms with Crippen LogP contribution < -0.4 is 0 Å². The number of benzene rings is 1. The lowest BCUT2D eigenvalue weighted by molar-refractivity contribution is -0.143. The minimum Gasteiger partial charge on any atom is -0.507 e. The minimum absolute atomic E-state index is 0.155. The highest BCUT2D eigenvalue weighted by atomic mass is 35.5. The summed E-state index contributed by atoms with van der Waals surface area (Å²) in [5.41, 5.74) is 0.952. The van der Waals surface area contributed by atoms with E-state index in [-0.39, 0.29) is 5.75 Å². The number of carbonyl (C=O) groups is 1. The summed E-state index contributed by atoms with van der Waals surface area (Å²) < 4.78 is 0. The number of halogens is 1. The average Bonchev–Trinajstić information content (AvgIpc) is 2.76. The first-order valence-electron chi connectivity index (χ1n) is 6.12. The molecule has 0 amide bonds. The molecular formula is C14H17ClO3. The Labute approximate surface area is 111 Å². The molecule has 2 rings (SSSR count). The maximum Gasteiger partial charge on any atom is 0.314 e. The number of rotatable bonds is 2. The van der Waals surface area contributed by atoms with Crippen molar-refractivity contribution >= 4 is 17.6 Å². The lowest BCUT2D eigenvalue weighted by atomic mass is 9.76. The third-order valence-electron chi connectivity index (χ3n) is 4.03. The first-order valence-corrected chi connectivity index (χ1v) is 6.50. The number of carboxylic acids is 1. The zero-order valence-electron chi connectivity index (χ0n) is 10.6. The minimum atomic E-state index is -0.924. The molecule has 1 aliphatic carbocycles. The van der Waals surface area contributed by atoms with Crippen molar-refractivity contribution in [2.75, 3.05) is 0 Å². The van der Waals surface area contributed by atoms with Crippen molar-refractivity contribution in [2.45, 2.75) is 44.9 Å². The molecular weight excluding hydrogens is 252 g/mol. The molecule has 0 saturated heterocycles. The Bertz CT molecular complexity index is 502. The number of carboxylic acid groups (broad SMARTS) is 1. The number of phenolic OH excluding ortho intramolecular Hbond substituents is 1. The van der Waals surface area contributed by atoms with Crippen LogP contribution in [-0.4, -0.2) is 16.2 Å². The lowest BCUT2D eigenvalue weighted by Gasteiger charge is -2.28. The monoisotopic (exact) mass is 268 g/mol. The molecule has 4 heteroatoms. The standard InChI is InChI=1S/C14H17ClO3/c1-8-7-10(15)11(9(2)12(8)16)14(13(17)18)5-3-4-6-14/h7,16H,3-6H2,1-2H3,(H,17,18). The first-order chi connectivity index (χ1) is 8.40. The summed E-state index contributed by atoms with van der Waals surface area (Å²) in [5.74, 6) is -0.685. The highest BCUT2D eigenvalue weighted by Gasteiger charge is 2.45. The first kappa shape index (κ1) is 13.2. The van der Waals surface area contributed by atoms with Gasteiger partial charge in [-0.25, -0.2) is 0 Å². The Morgan fingerprint density at radius 3 is 2.39 bits per heavy atom. The molecule has 1 saturated carbocycles. The second-order valence-corrected chi connectivity index (χ2v) is 5.53. The SMILES string of the molecule is Cc1cc(Cl)c(C2(C(=O)O)CCCC2)c(C)c1O. The van der Waals surface area contributed by atoms with E-state index in [1.54, 1.807) is 19.9 Å². The van der Waals surface area contributed by atoms with Crippen LogP contribution in [0, 0.1) is 13.8 Å².